The third kappa shape index (κ3) is 6.18. The van der Waals surface area contributed by atoms with Crippen molar-refractivity contribution in [3.8, 4) is 0 Å². The second kappa shape index (κ2) is 12.0. The first-order chi connectivity index (χ1) is 18.2. The van der Waals surface area contributed by atoms with Crippen molar-refractivity contribution in [1.29, 1.82) is 0 Å². The van der Waals surface area contributed by atoms with Gasteiger partial charge in [-0.1, -0.05) is 36.9 Å². The van der Waals surface area contributed by atoms with Gasteiger partial charge in [0.05, 0.1) is 0 Å². The van der Waals surface area contributed by atoms with Gasteiger partial charge in [-0.15, -0.1) is 0 Å². The number of benzene rings is 2. The quantitative estimate of drug-likeness (QED) is 0.491. The van der Waals surface area contributed by atoms with E-state index in [0.717, 1.165) is 48.8 Å². The Kier molecular flexibility index (Phi) is 8.72. The maximum absolute atomic E-state index is 13.3. The molecule has 2 aromatic carbocycles. The summed E-state index contributed by atoms with van der Waals surface area (Å²) in [5.74, 6) is -2.01. The molecular weight excluding hydrogens is 506 g/mol. The molecule has 1 heterocycles. The summed E-state index contributed by atoms with van der Waals surface area (Å²) in [5.41, 5.74) is 4.46. The van der Waals surface area contributed by atoms with Gasteiger partial charge >= 0.3 is 5.97 Å². The predicted molar refractivity (Wildman–Crippen MR) is 144 cm³/mol. The molecule has 1 aliphatic heterocycles. The summed E-state index contributed by atoms with van der Waals surface area (Å²) in [6.45, 7) is 4.43. The summed E-state index contributed by atoms with van der Waals surface area (Å²) in [4.78, 5) is 52.4. The van der Waals surface area contributed by atoms with Gasteiger partial charge < -0.3 is 20.6 Å². The second-order valence-corrected chi connectivity index (χ2v) is 10.7. The molecule has 1 atom stereocenters. The smallest absolute Gasteiger partial charge is 0.328 e. The van der Waals surface area contributed by atoms with Crippen LogP contribution < -0.4 is 10.6 Å². The van der Waals surface area contributed by atoms with Crippen molar-refractivity contribution < 1.29 is 24.3 Å². The largest absolute Gasteiger partial charge is 0.480 e. The lowest BCUT2D eigenvalue weighted by Crippen LogP contribution is -2.49. The molecule has 1 saturated carbocycles. The van der Waals surface area contributed by atoms with Gasteiger partial charge in [-0.25, -0.2) is 4.79 Å². The van der Waals surface area contributed by atoms with Crippen LogP contribution in [-0.2, 0) is 22.6 Å². The number of amides is 3. The van der Waals surface area contributed by atoms with Crippen LogP contribution in [0.2, 0.25) is 5.02 Å². The zero-order valence-electron chi connectivity index (χ0n) is 21.8. The van der Waals surface area contributed by atoms with Gasteiger partial charge in [-0.3, -0.25) is 14.4 Å². The zero-order chi connectivity index (χ0) is 27.4. The van der Waals surface area contributed by atoms with Crippen LogP contribution in [0, 0.1) is 19.8 Å². The van der Waals surface area contributed by atoms with Crippen LogP contribution in [0.25, 0.3) is 0 Å². The molecule has 0 spiro atoms. The molecule has 3 amide bonds. The highest BCUT2D eigenvalue weighted by Crippen LogP contribution is 2.29. The maximum Gasteiger partial charge on any atom is 0.328 e. The van der Waals surface area contributed by atoms with Gasteiger partial charge in [0.1, 0.15) is 6.04 Å². The van der Waals surface area contributed by atoms with Gasteiger partial charge in [0.25, 0.3) is 11.8 Å². The van der Waals surface area contributed by atoms with Gasteiger partial charge in [0.2, 0.25) is 5.91 Å². The van der Waals surface area contributed by atoms with Gasteiger partial charge in [-0.2, -0.15) is 0 Å². The van der Waals surface area contributed by atoms with Crippen LogP contribution in [0.5, 0.6) is 0 Å². The van der Waals surface area contributed by atoms with E-state index in [-0.39, 0.29) is 24.3 Å². The number of carbonyl (C=O) groups is 4. The number of halogens is 1. The minimum atomic E-state index is -1.24. The predicted octanol–water partition coefficient (Wildman–Crippen LogP) is 4.03. The number of nitrogens with zero attached hydrogens (tertiary/aromatic N) is 1. The molecule has 2 aliphatic rings. The van der Waals surface area contributed by atoms with Crippen LogP contribution in [0.1, 0.15) is 75.1 Å². The van der Waals surface area contributed by atoms with Gasteiger partial charge in [0, 0.05) is 41.7 Å². The molecular formula is C29H34ClN3O5. The molecule has 0 aromatic heterocycles. The maximum atomic E-state index is 13.3. The van der Waals surface area contributed by atoms with Crippen LogP contribution in [0.3, 0.4) is 0 Å². The Hall–Kier alpha value is -3.39. The lowest BCUT2D eigenvalue weighted by atomic mass is 9.88. The molecule has 4 rings (SSSR count). The third-order valence-corrected chi connectivity index (χ3v) is 7.91. The molecule has 2 aromatic rings. The van der Waals surface area contributed by atoms with E-state index in [1.54, 1.807) is 29.2 Å². The molecule has 3 N–H and O–H groups in total. The van der Waals surface area contributed by atoms with E-state index in [0.29, 0.717) is 41.2 Å². The van der Waals surface area contributed by atoms with Crippen LogP contribution in [0.4, 0.5) is 0 Å². The second-order valence-electron chi connectivity index (χ2n) is 10.3. The van der Waals surface area contributed by atoms with Crippen LogP contribution in [-0.4, -0.2) is 52.8 Å². The molecule has 0 bridgehead atoms. The highest BCUT2D eigenvalue weighted by atomic mass is 35.5. The van der Waals surface area contributed by atoms with E-state index in [2.05, 4.69) is 10.6 Å². The van der Waals surface area contributed by atoms with Gasteiger partial charge in [0.15, 0.2) is 0 Å². The Morgan fingerprint density at radius 1 is 1.08 bits per heavy atom. The average Bonchev–Trinajstić information content (AvgIpc) is 2.90. The molecule has 1 aliphatic carbocycles. The van der Waals surface area contributed by atoms with E-state index in [1.165, 1.54) is 0 Å². The first-order valence-corrected chi connectivity index (χ1v) is 13.5. The highest BCUT2D eigenvalue weighted by molar-refractivity contribution is 6.30. The number of carboxylic acid groups (broad SMARTS) is 1. The number of fused-ring (bicyclic) bond motifs is 1. The van der Waals surface area contributed by atoms with E-state index in [4.69, 9.17) is 11.6 Å². The average molecular weight is 540 g/mol. The SMILES string of the molecule is Cc1cc2c(c(C)c1C(=O)NC(CNC(=O)C1CCCCC1)C(=O)O)CCN(C(=O)c1ccc(Cl)cc1)C2. The summed E-state index contributed by atoms with van der Waals surface area (Å²) in [5, 5.41) is 15.6. The molecule has 1 unspecified atom stereocenters. The summed E-state index contributed by atoms with van der Waals surface area (Å²) < 4.78 is 0. The summed E-state index contributed by atoms with van der Waals surface area (Å²) in [6, 6.07) is 7.47. The fourth-order valence-corrected chi connectivity index (χ4v) is 5.69. The Morgan fingerprint density at radius 2 is 1.76 bits per heavy atom. The van der Waals surface area contributed by atoms with Crippen molar-refractivity contribution in [3.05, 3.63) is 68.7 Å². The molecule has 38 heavy (non-hydrogen) atoms. The third-order valence-electron chi connectivity index (χ3n) is 7.66. The standard InChI is InChI=1S/C29H34ClN3O5/c1-17-14-21-16-33(28(36)20-8-10-22(30)11-9-20)13-12-23(21)18(2)25(17)27(35)32-24(29(37)38)15-31-26(34)19-6-4-3-5-7-19/h8-11,14,19,24H,3-7,12-13,15-16H2,1-2H3,(H,31,34)(H,32,35)(H,37,38). The van der Waals surface area contributed by atoms with E-state index < -0.39 is 17.9 Å². The molecule has 0 saturated heterocycles. The van der Waals surface area contributed by atoms with Crippen molar-refractivity contribution >= 4 is 35.3 Å². The number of hydrogen-bond acceptors (Lipinski definition) is 4. The number of carbonyl (C=O) groups excluding carboxylic acids is 3. The monoisotopic (exact) mass is 539 g/mol. The highest BCUT2D eigenvalue weighted by Gasteiger charge is 2.29. The van der Waals surface area contributed by atoms with E-state index in [9.17, 15) is 24.3 Å². The Labute approximate surface area is 227 Å². The zero-order valence-corrected chi connectivity index (χ0v) is 22.6. The summed E-state index contributed by atoms with van der Waals surface area (Å²) in [6.07, 6.45) is 5.33. The Bertz CT molecular complexity index is 1240. The first kappa shape index (κ1) is 27.6. The summed E-state index contributed by atoms with van der Waals surface area (Å²) in [7, 11) is 0. The van der Waals surface area contributed by atoms with E-state index in [1.807, 2.05) is 19.9 Å². The first-order valence-electron chi connectivity index (χ1n) is 13.1. The van der Waals surface area contributed by atoms with Crippen molar-refractivity contribution in [2.45, 2.75) is 65.0 Å². The van der Waals surface area contributed by atoms with Crippen molar-refractivity contribution in [3.63, 3.8) is 0 Å². The lowest BCUT2D eigenvalue weighted by molar-refractivity contribution is -0.139. The van der Waals surface area contributed by atoms with Crippen molar-refractivity contribution in [2.24, 2.45) is 5.92 Å². The van der Waals surface area contributed by atoms with Crippen LogP contribution >= 0.6 is 11.6 Å². The fourth-order valence-electron chi connectivity index (χ4n) is 5.57. The minimum absolute atomic E-state index is 0.0796. The Morgan fingerprint density at radius 3 is 2.42 bits per heavy atom. The molecule has 8 nitrogen and oxygen atoms in total. The van der Waals surface area contributed by atoms with E-state index >= 15 is 0 Å². The van der Waals surface area contributed by atoms with Crippen LogP contribution in [0.15, 0.2) is 30.3 Å². The lowest BCUT2D eigenvalue weighted by Gasteiger charge is -2.31. The number of nitrogens with one attached hydrogen (secondary N) is 2. The normalized spacial score (nSPS) is 16.3. The topological polar surface area (TPSA) is 116 Å². The Balaban J connectivity index is 1.45. The molecule has 1 fully saturated rings. The van der Waals surface area contributed by atoms with Gasteiger partial charge in [-0.05, 0) is 79.6 Å². The number of hydrogen-bond donors (Lipinski definition) is 3. The number of aliphatic carboxylic acids is 1. The molecule has 9 heteroatoms. The fraction of sp³-hybridized carbons (Fsp3) is 0.448. The molecule has 0 radical (unpaired) electrons. The minimum Gasteiger partial charge on any atom is -0.480 e. The van der Waals surface area contributed by atoms with Crippen molar-refractivity contribution in [1.82, 2.24) is 15.5 Å². The number of carboxylic acids is 1. The van der Waals surface area contributed by atoms with Crippen molar-refractivity contribution in [2.75, 3.05) is 13.1 Å². The number of rotatable bonds is 7. The molecule has 202 valence electrons. The number of aryl methyl sites for hydroxylation is 1. The summed E-state index contributed by atoms with van der Waals surface area (Å²) >= 11 is 5.95.